The fourth-order valence-electron chi connectivity index (χ4n) is 3.69. The summed E-state index contributed by atoms with van der Waals surface area (Å²) in [5.74, 6) is -1.11. The molecule has 37 heavy (non-hydrogen) atoms. The van der Waals surface area contributed by atoms with Gasteiger partial charge in [0.2, 0.25) is 17.7 Å². The predicted molar refractivity (Wildman–Crippen MR) is 140 cm³/mol. The first kappa shape index (κ1) is 26.0. The average molecular weight is 544 g/mol. The number of aromatic amines is 2. The Labute approximate surface area is 219 Å². The molecule has 0 saturated carbocycles. The van der Waals surface area contributed by atoms with Gasteiger partial charge in [-0.2, -0.15) is 0 Å². The van der Waals surface area contributed by atoms with Crippen molar-refractivity contribution in [3.05, 3.63) is 85.5 Å². The lowest BCUT2D eigenvalue weighted by Gasteiger charge is -2.18. The van der Waals surface area contributed by atoms with Crippen molar-refractivity contribution in [3.63, 3.8) is 0 Å². The summed E-state index contributed by atoms with van der Waals surface area (Å²) in [4.78, 5) is 58.2. The Bertz CT molecular complexity index is 1490. The number of amides is 2. The van der Waals surface area contributed by atoms with Crippen LogP contribution in [0.25, 0.3) is 0 Å². The van der Waals surface area contributed by atoms with Crippen LogP contribution in [0.2, 0.25) is 5.02 Å². The SMILES string of the molecule is CCOc1ccccc1C(N=C1NC(=O)C(CC(=O)Nc2cccc(Cl)c2)S1)c1c(O)[nH]c(=O)[nH]c1=O. The smallest absolute Gasteiger partial charge is 0.328 e. The standard InChI is InChI=1S/C24H22ClN5O6S/c1-2-36-15-9-4-3-8-14(15)19(18-21(33)28-23(35)29-22(18)34)27-24-30-20(32)16(37-24)11-17(31)26-13-7-5-6-12(25)10-13/h3-10,16,19H,2,11H2,1H3,(H,26,31)(H,27,30,32)(H3,28,29,33,34,35). The van der Waals surface area contributed by atoms with Crippen LogP contribution in [0.1, 0.15) is 30.5 Å². The molecule has 2 aromatic carbocycles. The molecule has 2 atom stereocenters. The second-order valence-corrected chi connectivity index (χ2v) is 9.46. The molecule has 0 bridgehead atoms. The minimum atomic E-state index is -1.15. The van der Waals surface area contributed by atoms with Gasteiger partial charge in [-0.1, -0.05) is 47.6 Å². The van der Waals surface area contributed by atoms with Crippen molar-refractivity contribution in [2.75, 3.05) is 11.9 Å². The quantitative estimate of drug-likeness (QED) is 0.291. The molecule has 5 N–H and O–H groups in total. The highest BCUT2D eigenvalue weighted by Gasteiger charge is 2.34. The monoisotopic (exact) mass is 543 g/mol. The first-order valence-electron chi connectivity index (χ1n) is 11.1. The van der Waals surface area contributed by atoms with Gasteiger partial charge in [-0.05, 0) is 31.2 Å². The Morgan fingerprint density at radius 2 is 1.97 bits per heavy atom. The van der Waals surface area contributed by atoms with Crippen molar-refractivity contribution < 1.29 is 19.4 Å². The fraction of sp³-hybridized carbons (Fsp3) is 0.208. The number of nitrogens with zero attached hydrogens (tertiary/aromatic N) is 1. The second-order valence-electron chi connectivity index (χ2n) is 7.84. The number of amidine groups is 1. The number of aromatic nitrogens is 2. The number of para-hydroxylation sites is 1. The molecule has 1 fully saturated rings. The molecule has 1 aliphatic heterocycles. The number of aromatic hydroxyl groups is 1. The molecule has 11 nitrogen and oxygen atoms in total. The molecule has 1 saturated heterocycles. The summed E-state index contributed by atoms with van der Waals surface area (Å²) in [5, 5.41) is 15.6. The third-order valence-corrected chi connectivity index (χ3v) is 6.58. The Morgan fingerprint density at radius 1 is 1.19 bits per heavy atom. The van der Waals surface area contributed by atoms with Gasteiger partial charge in [0.1, 0.15) is 22.6 Å². The highest BCUT2D eigenvalue weighted by molar-refractivity contribution is 8.15. The van der Waals surface area contributed by atoms with Gasteiger partial charge in [0, 0.05) is 22.7 Å². The van der Waals surface area contributed by atoms with Crippen molar-refractivity contribution in [2.45, 2.75) is 24.6 Å². The molecule has 0 radical (unpaired) electrons. The number of anilines is 1. The van der Waals surface area contributed by atoms with Crippen molar-refractivity contribution >= 4 is 46.0 Å². The van der Waals surface area contributed by atoms with Crippen LogP contribution in [0, 0.1) is 0 Å². The van der Waals surface area contributed by atoms with E-state index in [4.69, 9.17) is 16.3 Å². The zero-order valence-electron chi connectivity index (χ0n) is 19.4. The number of carbonyl (C=O) groups excluding carboxylic acids is 2. The van der Waals surface area contributed by atoms with Crippen LogP contribution in [0.5, 0.6) is 11.6 Å². The minimum Gasteiger partial charge on any atom is -0.494 e. The van der Waals surface area contributed by atoms with Crippen LogP contribution in [0.3, 0.4) is 0 Å². The molecule has 1 aliphatic rings. The largest absolute Gasteiger partial charge is 0.494 e. The number of benzene rings is 2. The molecular weight excluding hydrogens is 522 g/mol. The Balaban J connectivity index is 1.64. The van der Waals surface area contributed by atoms with Gasteiger partial charge in [-0.15, -0.1) is 0 Å². The molecule has 3 aromatic rings. The number of carbonyl (C=O) groups is 2. The lowest BCUT2D eigenvalue weighted by molar-refractivity contribution is -0.122. The zero-order chi connectivity index (χ0) is 26.5. The Kier molecular flexibility index (Phi) is 7.99. The van der Waals surface area contributed by atoms with E-state index in [0.717, 1.165) is 11.8 Å². The Morgan fingerprint density at radius 3 is 2.70 bits per heavy atom. The van der Waals surface area contributed by atoms with Crippen LogP contribution in [0.4, 0.5) is 5.69 Å². The fourth-order valence-corrected chi connectivity index (χ4v) is 4.87. The minimum absolute atomic E-state index is 0.131. The van der Waals surface area contributed by atoms with E-state index >= 15 is 0 Å². The molecule has 2 unspecified atom stereocenters. The summed E-state index contributed by atoms with van der Waals surface area (Å²) in [6.45, 7) is 2.11. The molecular formula is C24H22ClN5O6S. The first-order chi connectivity index (χ1) is 17.7. The molecule has 1 aromatic heterocycles. The molecule has 2 heterocycles. The number of nitrogens with one attached hydrogen (secondary N) is 4. The number of H-pyrrole nitrogens is 2. The van der Waals surface area contributed by atoms with Crippen LogP contribution in [-0.4, -0.2) is 43.9 Å². The number of halogens is 1. The summed E-state index contributed by atoms with van der Waals surface area (Å²) < 4.78 is 5.68. The normalized spacial score (nSPS) is 16.9. The predicted octanol–water partition coefficient (Wildman–Crippen LogP) is 2.53. The van der Waals surface area contributed by atoms with Crippen LogP contribution < -0.4 is 26.6 Å². The van der Waals surface area contributed by atoms with Gasteiger partial charge < -0.3 is 20.5 Å². The van der Waals surface area contributed by atoms with Gasteiger partial charge in [0.05, 0.1) is 6.61 Å². The first-order valence-corrected chi connectivity index (χ1v) is 12.4. The number of rotatable bonds is 8. The lowest BCUT2D eigenvalue weighted by atomic mass is 10.00. The maximum Gasteiger partial charge on any atom is 0.328 e. The van der Waals surface area contributed by atoms with Gasteiger partial charge >= 0.3 is 5.69 Å². The highest BCUT2D eigenvalue weighted by atomic mass is 35.5. The van der Waals surface area contributed by atoms with Crippen molar-refractivity contribution in [1.82, 2.24) is 15.3 Å². The second kappa shape index (κ2) is 11.4. The van der Waals surface area contributed by atoms with Crippen molar-refractivity contribution in [3.8, 4) is 11.6 Å². The maximum atomic E-state index is 12.7. The van der Waals surface area contributed by atoms with E-state index in [1.165, 1.54) is 0 Å². The third kappa shape index (κ3) is 6.22. The zero-order valence-corrected chi connectivity index (χ0v) is 21.0. The lowest BCUT2D eigenvalue weighted by Crippen LogP contribution is -2.29. The van der Waals surface area contributed by atoms with Crippen LogP contribution in [-0.2, 0) is 9.59 Å². The van der Waals surface area contributed by atoms with E-state index in [2.05, 4.69) is 25.6 Å². The van der Waals surface area contributed by atoms with E-state index < -0.39 is 40.2 Å². The number of thioether (sulfide) groups is 1. The molecule has 4 rings (SSSR count). The van der Waals surface area contributed by atoms with Gasteiger partial charge in [-0.25, -0.2) is 9.79 Å². The third-order valence-electron chi connectivity index (χ3n) is 5.25. The van der Waals surface area contributed by atoms with E-state index in [0.29, 0.717) is 28.6 Å². The van der Waals surface area contributed by atoms with E-state index in [9.17, 15) is 24.3 Å². The average Bonchev–Trinajstić information content (AvgIpc) is 3.16. The van der Waals surface area contributed by atoms with E-state index in [1.54, 1.807) is 55.5 Å². The summed E-state index contributed by atoms with van der Waals surface area (Å²) >= 11 is 6.95. The molecule has 0 spiro atoms. The van der Waals surface area contributed by atoms with Crippen LogP contribution >= 0.6 is 23.4 Å². The number of ether oxygens (including phenoxy) is 1. The molecule has 192 valence electrons. The summed E-state index contributed by atoms with van der Waals surface area (Å²) in [6, 6.07) is 12.2. The van der Waals surface area contributed by atoms with Crippen LogP contribution in [0.15, 0.2) is 63.1 Å². The van der Waals surface area contributed by atoms with Gasteiger partial charge in [0.25, 0.3) is 5.56 Å². The van der Waals surface area contributed by atoms with E-state index in [-0.39, 0.29) is 17.2 Å². The van der Waals surface area contributed by atoms with Gasteiger partial charge in [-0.3, -0.25) is 24.4 Å². The number of aliphatic imine (C=N–C) groups is 1. The Hall–Kier alpha value is -4.03. The highest BCUT2D eigenvalue weighted by Crippen LogP contribution is 2.36. The molecule has 0 aliphatic carbocycles. The maximum absolute atomic E-state index is 12.7. The van der Waals surface area contributed by atoms with E-state index in [1.807, 2.05) is 0 Å². The topological polar surface area (TPSA) is 166 Å². The molecule has 2 amide bonds. The van der Waals surface area contributed by atoms with Crippen molar-refractivity contribution in [2.24, 2.45) is 4.99 Å². The molecule has 13 heteroatoms. The summed E-state index contributed by atoms with van der Waals surface area (Å²) in [6.07, 6.45) is -0.146. The van der Waals surface area contributed by atoms with Crippen molar-refractivity contribution in [1.29, 1.82) is 0 Å². The van der Waals surface area contributed by atoms with Gasteiger partial charge in [0.15, 0.2) is 5.17 Å². The number of hydrogen-bond donors (Lipinski definition) is 5. The summed E-state index contributed by atoms with van der Waals surface area (Å²) in [5.41, 5.74) is -1.06. The number of hydrogen-bond acceptors (Lipinski definition) is 8. The summed E-state index contributed by atoms with van der Waals surface area (Å²) in [7, 11) is 0.